The van der Waals surface area contributed by atoms with Gasteiger partial charge in [-0.3, -0.25) is 0 Å². The Labute approximate surface area is 147 Å². The molecule has 0 heterocycles. The van der Waals surface area contributed by atoms with Crippen LogP contribution >= 0.6 is 0 Å². The van der Waals surface area contributed by atoms with Crippen molar-refractivity contribution >= 4 is 0 Å². The van der Waals surface area contributed by atoms with Gasteiger partial charge in [0.1, 0.15) is 5.75 Å². The highest BCUT2D eigenvalue weighted by Crippen LogP contribution is 2.44. The Balaban J connectivity index is 1.53. The molecule has 24 heavy (non-hydrogen) atoms. The molecular weight excluding hydrogens is 296 g/mol. The van der Waals surface area contributed by atoms with Gasteiger partial charge in [0.25, 0.3) is 0 Å². The molecule has 3 unspecified atom stereocenters. The van der Waals surface area contributed by atoms with Crippen LogP contribution < -0.4 is 4.74 Å². The van der Waals surface area contributed by atoms with E-state index >= 15 is 0 Å². The fraction of sp³-hybridized carbons (Fsp3) is 0.727. The second kappa shape index (κ2) is 8.38. The van der Waals surface area contributed by atoms with Gasteiger partial charge in [-0.25, -0.2) is 0 Å². The topological polar surface area (TPSA) is 29.5 Å². The summed E-state index contributed by atoms with van der Waals surface area (Å²) in [5.74, 6) is 3.70. The average Bonchev–Trinajstić information content (AvgIpc) is 2.63. The van der Waals surface area contributed by atoms with E-state index in [1.165, 1.54) is 56.9 Å². The monoisotopic (exact) mass is 330 g/mol. The molecular formula is C22H34O2. The minimum atomic E-state index is -0.112. The van der Waals surface area contributed by atoms with E-state index in [0.717, 1.165) is 24.0 Å². The zero-order valence-corrected chi connectivity index (χ0v) is 15.4. The van der Waals surface area contributed by atoms with Crippen molar-refractivity contribution in [3.8, 4) is 5.75 Å². The summed E-state index contributed by atoms with van der Waals surface area (Å²) in [6.07, 6.45) is 11.4. The van der Waals surface area contributed by atoms with Crippen LogP contribution in [0.4, 0.5) is 0 Å². The van der Waals surface area contributed by atoms with Gasteiger partial charge >= 0.3 is 0 Å². The zero-order valence-electron chi connectivity index (χ0n) is 15.4. The third kappa shape index (κ3) is 4.14. The normalized spacial score (nSPS) is 34.0. The summed E-state index contributed by atoms with van der Waals surface area (Å²) in [6, 6.07) is 8.44. The highest BCUT2D eigenvalue weighted by molar-refractivity contribution is 5.29. The number of ether oxygens (including phenoxy) is 1. The van der Waals surface area contributed by atoms with Gasteiger partial charge in [-0.05, 0) is 73.5 Å². The number of hydrogen-bond acceptors (Lipinski definition) is 2. The summed E-state index contributed by atoms with van der Waals surface area (Å²) < 4.78 is 5.25. The molecule has 0 aromatic heterocycles. The molecule has 1 aromatic rings. The molecule has 1 aromatic carbocycles. The molecule has 0 spiro atoms. The molecule has 0 radical (unpaired) electrons. The molecule has 2 fully saturated rings. The molecule has 3 rings (SSSR count). The summed E-state index contributed by atoms with van der Waals surface area (Å²) >= 11 is 0. The second-order valence-electron chi connectivity index (χ2n) is 8.08. The molecule has 0 bridgehead atoms. The van der Waals surface area contributed by atoms with E-state index in [1.54, 1.807) is 7.11 Å². The Morgan fingerprint density at radius 1 is 1.00 bits per heavy atom. The lowest BCUT2D eigenvalue weighted by Crippen LogP contribution is -2.35. The van der Waals surface area contributed by atoms with Crippen molar-refractivity contribution in [2.45, 2.75) is 76.7 Å². The Bertz CT molecular complexity index is 487. The molecule has 0 amide bonds. The van der Waals surface area contributed by atoms with Crippen LogP contribution in [0.2, 0.25) is 0 Å². The van der Waals surface area contributed by atoms with E-state index in [-0.39, 0.29) is 6.10 Å². The summed E-state index contributed by atoms with van der Waals surface area (Å²) in [7, 11) is 1.71. The number of hydrogen-bond donors (Lipinski definition) is 1. The largest absolute Gasteiger partial charge is 0.497 e. The van der Waals surface area contributed by atoms with Gasteiger partial charge in [0.15, 0.2) is 0 Å². The van der Waals surface area contributed by atoms with Crippen molar-refractivity contribution in [1.82, 2.24) is 0 Å². The van der Waals surface area contributed by atoms with Gasteiger partial charge in [-0.2, -0.15) is 0 Å². The second-order valence-corrected chi connectivity index (χ2v) is 8.08. The highest BCUT2D eigenvalue weighted by Gasteiger charge is 2.36. The van der Waals surface area contributed by atoms with Crippen LogP contribution in [0.15, 0.2) is 24.3 Å². The number of benzene rings is 1. The molecule has 3 atom stereocenters. The van der Waals surface area contributed by atoms with Crippen molar-refractivity contribution in [2.24, 2.45) is 17.8 Å². The van der Waals surface area contributed by atoms with Gasteiger partial charge in [-0.15, -0.1) is 0 Å². The number of rotatable bonds is 5. The lowest BCUT2D eigenvalue weighted by Gasteiger charge is -2.41. The number of aliphatic hydroxyl groups excluding tert-OH is 1. The maximum Gasteiger partial charge on any atom is 0.118 e. The molecule has 0 saturated heterocycles. The molecule has 2 saturated carbocycles. The molecule has 1 N–H and O–H groups in total. The van der Waals surface area contributed by atoms with E-state index in [2.05, 4.69) is 19.1 Å². The number of methoxy groups -OCH3 is 1. The predicted molar refractivity (Wildman–Crippen MR) is 99.4 cm³/mol. The first-order valence-electron chi connectivity index (χ1n) is 10.0. The lowest BCUT2D eigenvalue weighted by molar-refractivity contribution is 0.0131. The summed E-state index contributed by atoms with van der Waals surface area (Å²) in [6.45, 7) is 2.30. The average molecular weight is 331 g/mol. The van der Waals surface area contributed by atoms with Gasteiger partial charge in [0.2, 0.25) is 0 Å². The number of aliphatic hydroxyl groups is 1. The highest BCUT2D eigenvalue weighted by atomic mass is 16.5. The van der Waals surface area contributed by atoms with Crippen LogP contribution in [-0.4, -0.2) is 18.3 Å². The summed E-state index contributed by atoms with van der Waals surface area (Å²) in [5.41, 5.74) is 1.36. The molecule has 2 heteroatoms. The van der Waals surface area contributed by atoms with Crippen molar-refractivity contribution in [3.05, 3.63) is 29.8 Å². The molecule has 2 nitrogen and oxygen atoms in total. The Kier molecular flexibility index (Phi) is 6.21. The quantitative estimate of drug-likeness (QED) is 0.767. The first-order valence-corrected chi connectivity index (χ1v) is 10.0. The minimum Gasteiger partial charge on any atom is -0.497 e. The van der Waals surface area contributed by atoms with E-state index in [0.29, 0.717) is 11.8 Å². The van der Waals surface area contributed by atoms with Crippen LogP contribution in [0.1, 0.15) is 76.2 Å². The Morgan fingerprint density at radius 3 is 2.29 bits per heavy atom. The van der Waals surface area contributed by atoms with Gasteiger partial charge in [0.05, 0.1) is 13.2 Å². The molecule has 134 valence electrons. The summed E-state index contributed by atoms with van der Waals surface area (Å²) in [4.78, 5) is 0. The standard InChI is InChI=1S/C22H34O2/c1-3-4-16-5-7-18(8-6-16)21-14-11-19(15-22(21)23)17-9-12-20(24-2)13-10-17/h9-10,12-13,16,18-19,21-23H,3-8,11,14-15H2,1-2H3. The fourth-order valence-corrected chi connectivity index (χ4v) is 5.21. The zero-order chi connectivity index (χ0) is 16.9. The van der Waals surface area contributed by atoms with Crippen molar-refractivity contribution in [3.63, 3.8) is 0 Å². The van der Waals surface area contributed by atoms with Gasteiger partial charge in [-0.1, -0.05) is 44.7 Å². The predicted octanol–water partition coefficient (Wildman–Crippen LogP) is 5.55. The minimum absolute atomic E-state index is 0.112. The molecule has 2 aliphatic rings. The van der Waals surface area contributed by atoms with Gasteiger partial charge < -0.3 is 9.84 Å². The SMILES string of the molecule is CCCC1CCC(C2CCC(c3ccc(OC)cc3)CC2O)CC1. The van der Waals surface area contributed by atoms with E-state index in [9.17, 15) is 5.11 Å². The third-order valence-corrected chi connectivity index (χ3v) is 6.65. The van der Waals surface area contributed by atoms with Crippen molar-refractivity contribution < 1.29 is 9.84 Å². The first kappa shape index (κ1) is 17.8. The van der Waals surface area contributed by atoms with E-state index in [4.69, 9.17) is 4.74 Å². The van der Waals surface area contributed by atoms with Crippen LogP contribution in [0, 0.1) is 17.8 Å². The Morgan fingerprint density at radius 2 is 1.71 bits per heavy atom. The smallest absolute Gasteiger partial charge is 0.118 e. The fourth-order valence-electron chi connectivity index (χ4n) is 5.21. The van der Waals surface area contributed by atoms with Crippen molar-refractivity contribution in [1.29, 1.82) is 0 Å². The van der Waals surface area contributed by atoms with Crippen LogP contribution in [0.5, 0.6) is 5.75 Å². The van der Waals surface area contributed by atoms with E-state index < -0.39 is 0 Å². The van der Waals surface area contributed by atoms with Crippen LogP contribution in [0.3, 0.4) is 0 Å². The lowest BCUT2D eigenvalue weighted by atomic mass is 9.66. The molecule has 0 aliphatic heterocycles. The third-order valence-electron chi connectivity index (χ3n) is 6.65. The van der Waals surface area contributed by atoms with Gasteiger partial charge in [0, 0.05) is 0 Å². The molecule has 2 aliphatic carbocycles. The maximum atomic E-state index is 10.8. The Hall–Kier alpha value is -1.02. The van der Waals surface area contributed by atoms with Crippen molar-refractivity contribution in [2.75, 3.05) is 7.11 Å². The maximum absolute atomic E-state index is 10.8. The van der Waals surface area contributed by atoms with Crippen LogP contribution in [-0.2, 0) is 0 Å². The van der Waals surface area contributed by atoms with E-state index in [1.807, 2.05) is 12.1 Å². The van der Waals surface area contributed by atoms with Crippen LogP contribution in [0.25, 0.3) is 0 Å². The summed E-state index contributed by atoms with van der Waals surface area (Å²) in [5, 5.41) is 10.8. The first-order chi connectivity index (χ1) is 11.7.